The number of aromatic nitrogens is 2. The summed E-state index contributed by atoms with van der Waals surface area (Å²) >= 11 is 1.36. The van der Waals surface area contributed by atoms with Gasteiger partial charge in [-0.1, -0.05) is 0 Å². The minimum atomic E-state index is -0.372. The monoisotopic (exact) mass is 211 g/mol. The maximum absolute atomic E-state index is 11.5. The number of nitrogens with two attached hydrogens (primary N) is 1. The van der Waals surface area contributed by atoms with Gasteiger partial charge in [0.25, 0.3) is 0 Å². The number of hydrogen-bond donors (Lipinski definition) is 1. The fourth-order valence-corrected chi connectivity index (χ4v) is 2.02. The molecule has 0 saturated carbocycles. The van der Waals surface area contributed by atoms with Gasteiger partial charge in [-0.05, 0) is 6.92 Å². The standard InChI is InChI=1S/C8H9N3O2S/c1-2-13-7(12)5-4-14-8-10-3-6(9)11(5)8/h3-4H,2,9H2,1H3. The summed E-state index contributed by atoms with van der Waals surface area (Å²) in [5, 5.41) is 1.69. The van der Waals surface area contributed by atoms with Crippen molar-refractivity contribution in [3.8, 4) is 0 Å². The highest BCUT2D eigenvalue weighted by atomic mass is 32.1. The SMILES string of the molecule is CCOC(=O)c1csc2ncc(N)n12. The fraction of sp³-hybridized carbons (Fsp3) is 0.250. The molecule has 0 spiro atoms. The molecule has 0 unspecified atom stereocenters. The van der Waals surface area contributed by atoms with E-state index in [2.05, 4.69) is 4.98 Å². The molecule has 0 aliphatic heterocycles. The van der Waals surface area contributed by atoms with E-state index in [1.165, 1.54) is 17.5 Å². The van der Waals surface area contributed by atoms with Gasteiger partial charge in [-0.2, -0.15) is 0 Å². The molecule has 2 aromatic heterocycles. The summed E-state index contributed by atoms with van der Waals surface area (Å²) in [7, 11) is 0. The molecule has 0 aliphatic rings. The number of anilines is 1. The van der Waals surface area contributed by atoms with Crippen LogP contribution in [0, 0.1) is 0 Å². The van der Waals surface area contributed by atoms with Gasteiger partial charge in [-0.15, -0.1) is 11.3 Å². The first-order chi connectivity index (χ1) is 6.74. The predicted molar refractivity (Wildman–Crippen MR) is 53.4 cm³/mol. The lowest BCUT2D eigenvalue weighted by atomic mass is 10.5. The largest absolute Gasteiger partial charge is 0.461 e. The van der Waals surface area contributed by atoms with Crippen LogP contribution in [-0.2, 0) is 4.74 Å². The number of carbonyl (C=O) groups excluding carboxylic acids is 1. The third-order valence-corrected chi connectivity index (χ3v) is 2.60. The number of thiazole rings is 1. The number of carbonyl (C=O) groups is 1. The summed E-state index contributed by atoms with van der Waals surface area (Å²) in [4.78, 5) is 16.2. The summed E-state index contributed by atoms with van der Waals surface area (Å²) < 4.78 is 6.47. The van der Waals surface area contributed by atoms with Crippen molar-refractivity contribution in [2.45, 2.75) is 6.92 Å². The van der Waals surface area contributed by atoms with Gasteiger partial charge in [0.2, 0.25) is 0 Å². The molecule has 6 heteroatoms. The lowest BCUT2D eigenvalue weighted by molar-refractivity contribution is 0.0519. The number of hydrogen-bond acceptors (Lipinski definition) is 5. The summed E-state index contributed by atoms with van der Waals surface area (Å²) in [5.41, 5.74) is 6.09. The molecule has 2 rings (SSSR count). The minimum absolute atomic E-state index is 0.352. The van der Waals surface area contributed by atoms with Crippen molar-refractivity contribution in [1.82, 2.24) is 9.38 Å². The Labute approximate surface area is 84.1 Å². The maximum atomic E-state index is 11.5. The second kappa shape index (κ2) is 3.30. The lowest BCUT2D eigenvalue weighted by Crippen LogP contribution is -2.08. The van der Waals surface area contributed by atoms with Gasteiger partial charge in [0.15, 0.2) is 4.96 Å². The summed E-state index contributed by atoms with van der Waals surface area (Å²) in [6, 6.07) is 0. The molecule has 2 aromatic rings. The molecule has 2 N–H and O–H groups in total. The Kier molecular flexibility index (Phi) is 2.12. The zero-order chi connectivity index (χ0) is 10.1. The van der Waals surface area contributed by atoms with E-state index < -0.39 is 0 Å². The van der Waals surface area contributed by atoms with Gasteiger partial charge in [0, 0.05) is 5.38 Å². The van der Waals surface area contributed by atoms with Crippen molar-refractivity contribution < 1.29 is 9.53 Å². The average molecular weight is 211 g/mol. The van der Waals surface area contributed by atoms with Crippen molar-refractivity contribution in [3.63, 3.8) is 0 Å². The Balaban J connectivity index is 2.51. The van der Waals surface area contributed by atoms with E-state index >= 15 is 0 Å². The number of ether oxygens (including phenoxy) is 1. The average Bonchev–Trinajstić information content (AvgIpc) is 2.70. The van der Waals surface area contributed by atoms with Gasteiger partial charge < -0.3 is 10.5 Å². The van der Waals surface area contributed by atoms with Gasteiger partial charge in [0.1, 0.15) is 11.5 Å². The van der Waals surface area contributed by atoms with Crippen molar-refractivity contribution >= 4 is 28.1 Å². The maximum Gasteiger partial charge on any atom is 0.356 e. The van der Waals surface area contributed by atoms with Crippen LogP contribution in [0.15, 0.2) is 11.6 Å². The first kappa shape index (κ1) is 9.01. The van der Waals surface area contributed by atoms with Crippen LogP contribution in [0.1, 0.15) is 17.4 Å². The van der Waals surface area contributed by atoms with Crippen molar-refractivity contribution in [2.75, 3.05) is 12.3 Å². The smallest absolute Gasteiger partial charge is 0.356 e. The molecule has 0 radical (unpaired) electrons. The normalized spacial score (nSPS) is 10.6. The third-order valence-electron chi connectivity index (χ3n) is 1.76. The van der Waals surface area contributed by atoms with E-state index in [4.69, 9.17) is 10.5 Å². The van der Waals surface area contributed by atoms with Crippen molar-refractivity contribution in [1.29, 1.82) is 0 Å². The first-order valence-electron chi connectivity index (χ1n) is 4.11. The Morgan fingerprint density at radius 2 is 2.57 bits per heavy atom. The molecule has 0 bridgehead atoms. The van der Waals surface area contributed by atoms with Crippen LogP contribution >= 0.6 is 11.3 Å². The Bertz CT molecular complexity index is 474. The third kappa shape index (κ3) is 1.24. The quantitative estimate of drug-likeness (QED) is 0.756. The van der Waals surface area contributed by atoms with Crippen LogP contribution in [-0.4, -0.2) is 22.0 Å². The summed E-state index contributed by atoms with van der Waals surface area (Å²) in [6.45, 7) is 2.11. The first-order valence-corrected chi connectivity index (χ1v) is 4.99. The number of rotatable bonds is 2. The van der Waals surface area contributed by atoms with E-state index in [9.17, 15) is 4.79 Å². The Morgan fingerprint density at radius 3 is 3.29 bits per heavy atom. The molecule has 2 heterocycles. The molecule has 0 amide bonds. The number of nitrogens with zero attached hydrogens (tertiary/aromatic N) is 2. The molecular weight excluding hydrogens is 202 g/mol. The summed E-state index contributed by atoms with van der Waals surface area (Å²) in [5.74, 6) is 0.0766. The topological polar surface area (TPSA) is 69.6 Å². The molecule has 74 valence electrons. The van der Waals surface area contributed by atoms with Gasteiger partial charge in [-0.25, -0.2) is 9.78 Å². The number of imidazole rings is 1. The molecule has 5 nitrogen and oxygen atoms in total. The highest BCUT2D eigenvalue weighted by Crippen LogP contribution is 2.19. The van der Waals surface area contributed by atoms with Crippen LogP contribution < -0.4 is 5.73 Å². The fourth-order valence-electron chi connectivity index (χ4n) is 1.18. The van der Waals surface area contributed by atoms with Crippen LogP contribution in [0.3, 0.4) is 0 Å². The Hall–Kier alpha value is -1.56. The molecule has 0 aromatic carbocycles. The van der Waals surface area contributed by atoms with E-state index in [-0.39, 0.29) is 5.97 Å². The number of fused-ring (bicyclic) bond motifs is 1. The van der Waals surface area contributed by atoms with Crippen molar-refractivity contribution in [3.05, 3.63) is 17.3 Å². The van der Waals surface area contributed by atoms with Crippen LogP contribution in [0.4, 0.5) is 5.82 Å². The van der Waals surface area contributed by atoms with Crippen LogP contribution in [0.5, 0.6) is 0 Å². The molecule has 0 atom stereocenters. The second-order valence-corrected chi connectivity index (χ2v) is 3.48. The molecule has 14 heavy (non-hydrogen) atoms. The highest BCUT2D eigenvalue weighted by Gasteiger charge is 2.15. The van der Waals surface area contributed by atoms with Crippen molar-refractivity contribution in [2.24, 2.45) is 0 Å². The number of esters is 1. The molecule has 0 saturated heterocycles. The molecule has 0 aliphatic carbocycles. The van der Waals surface area contributed by atoms with E-state index in [1.807, 2.05) is 0 Å². The van der Waals surface area contributed by atoms with Crippen LogP contribution in [0.25, 0.3) is 4.96 Å². The zero-order valence-electron chi connectivity index (χ0n) is 7.56. The molecular formula is C8H9N3O2S. The number of nitrogen functional groups attached to an aromatic ring is 1. The van der Waals surface area contributed by atoms with Gasteiger partial charge in [-0.3, -0.25) is 4.40 Å². The zero-order valence-corrected chi connectivity index (χ0v) is 8.37. The minimum Gasteiger partial charge on any atom is -0.461 e. The Morgan fingerprint density at radius 1 is 1.79 bits per heavy atom. The van der Waals surface area contributed by atoms with E-state index in [0.29, 0.717) is 23.1 Å². The van der Waals surface area contributed by atoms with Crippen LogP contribution in [0.2, 0.25) is 0 Å². The summed E-state index contributed by atoms with van der Waals surface area (Å²) in [6.07, 6.45) is 1.52. The van der Waals surface area contributed by atoms with E-state index in [0.717, 1.165) is 0 Å². The lowest BCUT2D eigenvalue weighted by Gasteiger charge is -2.00. The van der Waals surface area contributed by atoms with Gasteiger partial charge >= 0.3 is 5.97 Å². The van der Waals surface area contributed by atoms with E-state index in [1.54, 1.807) is 16.7 Å². The van der Waals surface area contributed by atoms with Gasteiger partial charge in [0.05, 0.1) is 12.8 Å². The predicted octanol–water partition coefficient (Wildman–Crippen LogP) is 1.15. The second-order valence-electron chi connectivity index (χ2n) is 2.64. The highest BCUT2D eigenvalue weighted by molar-refractivity contribution is 7.15. The molecule has 0 fully saturated rings.